The average Bonchev–Trinajstić information content (AvgIpc) is 3.19. The number of benzene rings is 1. The smallest absolute Gasteiger partial charge is 0.201 e. The maximum Gasteiger partial charge on any atom is 0.201 e. The largest absolute Gasteiger partial charge is 0.493 e. The second-order valence-electron chi connectivity index (χ2n) is 5.11. The molecule has 1 heterocycles. The fourth-order valence-corrected chi connectivity index (χ4v) is 2.66. The molecule has 5 heteroatoms. The number of imidazole rings is 1. The van der Waals surface area contributed by atoms with Crippen molar-refractivity contribution in [1.82, 2.24) is 9.55 Å². The summed E-state index contributed by atoms with van der Waals surface area (Å²) in [5.41, 5.74) is 7.93. The third-order valence-corrected chi connectivity index (χ3v) is 3.93. The summed E-state index contributed by atoms with van der Waals surface area (Å²) in [5.74, 6) is 2.66. The monoisotopic (exact) mass is 261 g/mol. The zero-order valence-corrected chi connectivity index (χ0v) is 11.5. The molecule has 0 amide bonds. The van der Waals surface area contributed by atoms with E-state index in [0.29, 0.717) is 29.4 Å². The molecule has 1 saturated carbocycles. The van der Waals surface area contributed by atoms with Crippen LogP contribution in [0, 0.1) is 5.92 Å². The van der Waals surface area contributed by atoms with Crippen LogP contribution in [0.4, 0.5) is 5.95 Å². The van der Waals surface area contributed by atoms with Crippen molar-refractivity contribution in [3.05, 3.63) is 12.1 Å². The lowest BCUT2D eigenvalue weighted by Crippen LogP contribution is -2.10. The zero-order chi connectivity index (χ0) is 13.6. The van der Waals surface area contributed by atoms with Crippen LogP contribution in [0.1, 0.15) is 25.8 Å². The SMILES string of the molecule is COc1cc2nc(N)n(C(C)C3CC3)c2cc1OC. The highest BCUT2D eigenvalue weighted by molar-refractivity contribution is 5.82. The van der Waals surface area contributed by atoms with Crippen LogP contribution in [0.15, 0.2) is 12.1 Å². The molecule has 5 nitrogen and oxygen atoms in total. The molecule has 102 valence electrons. The molecule has 0 aliphatic heterocycles. The van der Waals surface area contributed by atoms with E-state index in [2.05, 4.69) is 16.5 Å². The maximum absolute atomic E-state index is 6.07. The summed E-state index contributed by atoms with van der Waals surface area (Å²) in [4.78, 5) is 4.43. The number of hydrogen-bond acceptors (Lipinski definition) is 4. The number of nitrogens with zero attached hydrogens (tertiary/aromatic N) is 2. The average molecular weight is 261 g/mol. The van der Waals surface area contributed by atoms with Crippen LogP contribution < -0.4 is 15.2 Å². The molecule has 2 aromatic rings. The fraction of sp³-hybridized carbons (Fsp3) is 0.500. The highest BCUT2D eigenvalue weighted by Gasteiger charge is 2.31. The van der Waals surface area contributed by atoms with E-state index < -0.39 is 0 Å². The van der Waals surface area contributed by atoms with Gasteiger partial charge >= 0.3 is 0 Å². The van der Waals surface area contributed by atoms with Crippen LogP contribution in [-0.2, 0) is 0 Å². The Balaban J connectivity index is 2.18. The molecule has 0 radical (unpaired) electrons. The van der Waals surface area contributed by atoms with Crippen molar-refractivity contribution in [2.75, 3.05) is 20.0 Å². The Hall–Kier alpha value is -1.91. The quantitative estimate of drug-likeness (QED) is 0.919. The Kier molecular flexibility index (Phi) is 2.77. The van der Waals surface area contributed by atoms with E-state index in [9.17, 15) is 0 Å². The van der Waals surface area contributed by atoms with Crippen molar-refractivity contribution in [3.63, 3.8) is 0 Å². The number of hydrogen-bond donors (Lipinski definition) is 1. The van der Waals surface area contributed by atoms with Crippen molar-refractivity contribution >= 4 is 17.0 Å². The summed E-state index contributed by atoms with van der Waals surface area (Å²) in [6, 6.07) is 4.21. The van der Waals surface area contributed by atoms with Gasteiger partial charge in [-0.3, -0.25) is 0 Å². The molecule has 1 aliphatic carbocycles. The summed E-state index contributed by atoms with van der Waals surface area (Å²) >= 11 is 0. The summed E-state index contributed by atoms with van der Waals surface area (Å²) < 4.78 is 12.8. The summed E-state index contributed by atoms with van der Waals surface area (Å²) in [6.07, 6.45) is 2.54. The van der Waals surface area contributed by atoms with E-state index in [0.717, 1.165) is 11.0 Å². The minimum Gasteiger partial charge on any atom is -0.493 e. The Morgan fingerprint density at radius 1 is 1.26 bits per heavy atom. The van der Waals surface area contributed by atoms with Gasteiger partial charge in [0.25, 0.3) is 0 Å². The number of fused-ring (bicyclic) bond motifs is 1. The van der Waals surface area contributed by atoms with E-state index in [1.807, 2.05) is 12.1 Å². The van der Waals surface area contributed by atoms with Crippen molar-refractivity contribution in [2.24, 2.45) is 5.92 Å². The number of nitrogens with two attached hydrogens (primary N) is 1. The van der Waals surface area contributed by atoms with E-state index in [4.69, 9.17) is 15.2 Å². The maximum atomic E-state index is 6.07. The van der Waals surface area contributed by atoms with Gasteiger partial charge in [-0.05, 0) is 25.7 Å². The molecule has 0 saturated heterocycles. The predicted octanol–water partition coefficient (Wildman–Crippen LogP) is 2.61. The van der Waals surface area contributed by atoms with E-state index in [-0.39, 0.29) is 0 Å². The molecule has 1 unspecified atom stereocenters. The van der Waals surface area contributed by atoms with Crippen LogP contribution in [0.5, 0.6) is 11.5 Å². The first-order valence-electron chi connectivity index (χ1n) is 6.55. The third kappa shape index (κ3) is 1.89. The summed E-state index contributed by atoms with van der Waals surface area (Å²) in [6.45, 7) is 2.20. The van der Waals surface area contributed by atoms with Gasteiger partial charge in [-0.1, -0.05) is 0 Å². The third-order valence-electron chi connectivity index (χ3n) is 3.93. The van der Waals surface area contributed by atoms with Gasteiger partial charge in [0.15, 0.2) is 11.5 Å². The molecular weight excluding hydrogens is 242 g/mol. The van der Waals surface area contributed by atoms with Crippen LogP contribution >= 0.6 is 0 Å². The second-order valence-corrected chi connectivity index (χ2v) is 5.11. The lowest BCUT2D eigenvalue weighted by molar-refractivity contribution is 0.355. The molecule has 0 bridgehead atoms. The molecule has 1 aromatic heterocycles. The highest BCUT2D eigenvalue weighted by atomic mass is 16.5. The molecule has 3 rings (SSSR count). The normalized spacial score (nSPS) is 16.6. The first kappa shape index (κ1) is 12.1. The van der Waals surface area contributed by atoms with Crippen LogP contribution in [0.25, 0.3) is 11.0 Å². The molecule has 1 atom stereocenters. The Morgan fingerprint density at radius 3 is 2.47 bits per heavy atom. The number of rotatable bonds is 4. The highest BCUT2D eigenvalue weighted by Crippen LogP contribution is 2.43. The van der Waals surface area contributed by atoms with Crippen molar-refractivity contribution < 1.29 is 9.47 Å². The zero-order valence-electron chi connectivity index (χ0n) is 11.5. The van der Waals surface area contributed by atoms with Crippen molar-refractivity contribution in [3.8, 4) is 11.5 Å². The molecule has 1 aromatic carbocycles. The Labute approximate surface area is 112 Å². The molecule has 2 N–H and O–H groups in total. The minimum atomic E-state index is 0.378. The van der Waals surface area contributed by atoms with Crippen LogP contribution in [0.3, 0.4) is 0 Å². The molecule has 19 heavy (non-hydrogen) atoms. The summed E-state index contributed by atoms with van der Waals surface area (Å²) in [5, 5.41) is 0. The first-order valence-corrected chi connectivity index (χ1v) is 6.55. The lowest BCUT2D eigenvalue weighted by Gasteiger charge is -2.15. The Morgan fingerprint density at radius 2 is 1.89 bits per heavy atom. The summed E-state index contributed by atoms with van der Waals surface area (Å²) in [7, 11) is 3.26. The second kappa shape index (κ2) is 4.33. The Bertz CT molecular complexity index is 617. The van der Waals surface area contributed by atoms with Gasteiger partial charge in [0, 0.05) is 18.2 Å². The number of aromatic nitrogens is 2. The minimum absolute atomic E-state index is 0.378. The predicted molar refractivity (Wildman–Crippen MR) is 74.7 cm³/mol. The first-order chi connectivity index (χ1) is 9.15. The molecule has 1 aliphatic rings. The van der Waals surface area contributed by atoms with E-state index in [1.54, 1.807) is 14.2 Å². The lowest BCUT2D eigenvalue weighted by atomic mass is 10.2. The van der Waals surface area contributed by atoms with Gasteiger partial charge in [0.05, 0.1) is 25.3 Å². The molecular formula is C14H19N3O2. The van der Waals surface area contributed by atoms with E-state index in [1.165, 1.54) is 12.8 Å². The van der Waals surface area contributed by atoms with Crippen molar-refractivity contribution in [2.45, 2.75) is 25.8 Å². The standard InChI is InChI=1S/C14H19N3O2/c1-8(9-4-5-9)17-11-7-13(19-3)12(18-2)6-10(11)16-14(17)15/h6-9H,4-5H2,1-3H3,(H2,15,16). The number of anilines is 1. The van der Waals surface area contributed by atoms with Crippen molar-refractivity contribution in [1.29, 1.82) is 0 Å². The molecule has 1 fully saturated rings. The number of ether oxygens (including phenoxy) is 2. The van der Waals surface area contributed by atoms with E-state index >= 15 is 0 Å². The van der Waals surface area contributed by atoms with Gasteiger partial charge in [0.1, 0.15) is 0 Å². The van der Waals surface area contributed by atoms with Gasteiger partial charge in [-0.15, -0.1) is 0 Å². The van der Waals surface area contributed by atoms with Gasteiger partial charge in [-0.25, -0.2) is 4.98 Å². The molecule has 0 spiro atoms. The number of nitrogen functional groups attached to an aromatic ring is 1. The van der Waals surface area contributed by atoms with Gasteiger partial charge in [0.2, 0.25) is 5.95 Å². The topological polar surface area (TPSA) is 62.3 Å². The van der Waals surface area contributed by atoms with Gasteiger partial charge < -0.3 is 19.8 Å². The van der Waals surface area contributed by atoms with Gasteiger partial charge in [-0.2, -0.15) is 0 Å². The fourth-order valence-electron chi connectivity index (χ4n) is 2.66. The number of methoxy groups -OCH3 is 2. The van der Waals surface area contributed by atoms with Crippen LogP contribution in [0.2, 0.25) is 0 Å². The van der Waals surface area contributed by atoms with Crippen LogP contribution in [-0.4, -0.2) is 23.8 Å².